The van der Waals surface area contributed by atoms with Gasteiger partial charge in [0.1, 0.15) is 11.6 Å². The molecule has 0 aromatic carbocycles. The Balaban J connectivity index is 1.43. The molecular formula is C16H19N4O6S+. The van der Waals surface area contributed by atoms with Crippen LogP contribution < -0.4 is 9.88 Å². The third-order valence-electron chi connectivity index (χ3n) is 5.06. The molecule has 3 aliphatic rings. The van der Waals surface area contributed by atoms with Crippen molar-refractivity contribution in [3.8, 4) is 0 Å². The van der Waals surface area contributed by atoms with Crippen molar-refractivity contribution in [2.24, 2.45) is 0 Å². The third kappa shape index (κ3) is 3.28. The largest absolute Gasteiger partial charge is 0.362 e. The molecule has 3 amide bonds. The number of rotatable bonds is 5. The van der Waals surface area contributed by atoms with Crippen LogP contribution in [-0.2, 0) is 26.4 Å². The molecule has 2 aliphatic heterocycles. The Morgan fingerprint density at radius 2 is 2.04 bits per heavy atom. The average Bonchev–Trinajstić information content (AvgIpc) is 3.31. The van der Waals surface area contributed by atoms with Gasteiger partial charge in [0.2, 0.25) is 6.54 Å². The van der Waals surface area contributed by atoms with Crippen LogP contribution in [0.4, 0.5) is 0 Å². The molecule has 2 saturated heterocycles. The molecule has 0 unspecified atom stereocenters. The number of β-lactam (4-membered cyclic amide) rings is 1. The van der Waals surface area contributed by atoms with Gasteiger partial charge in [-0.3, -0.25) is 18.9 Å². The summed E-state index contributed by atoms with van der Waals surface area (Å²) in [6, 6.07) is 1.98. The molecule has 144 valence electrons. The van der Waals surface area contributed by atoms with E-state index in [2.05, 4.69) is 5.32 Å². The van der Waals surface area contributed by atoms with E-state index >= 15 is 0 Å². The summed E-state index contributed by atoms with van der Waals surface area (Å²) in [5.74, 6) is -1.34. The fraction of sp³-hybridized carbons (Fsp3) is 0.500. The first-order valence-electron chi connectivity index (χ1n) is 8.66. The van der Waals surface area contributed by atoms with Gasteiger partial charge < -0.3 is 10.2 Å². The monoisotopic (exact) mass is 395 g/mol. The van der Waals surface area contributed by atoms with Crippen LogP contribution in [0.2, 0.25) is 0 Å². The van der Waals surface area contributed by atoms with Crippen molar-refractivity contribution >= 4 is 28.0 Å². The summed E-state index contributed by atoms with van der Waals surface area (Å²) < 4.78 is 33.5. The summed E-state index contributed by atoms with van der Waals surface area (Å²) in [7, 11) is -4.60. The fourth-order valence-corrected chi connectivity index (χ4v) is 4.49. The number of likely N-dealkylation sites (tertiary alicyclic amines) is 1. The van der Waals surface area contributed by atoms with Crippen molar-refractivity contribution in [1.29, 1.82) is 0 Å². The Bertz CT molecular complexity index is 929. The van der Waals surface area contributed by atoms with E-state index in [1.165, 1.54) is 4.90 Å². The molecule has 10 nitrogen and oxygen atoms in total. The topological polar surface area (TPSA) is 128 Å². The normalized spacial score (nSPS) is 24.4. The molecule has 4 rings (SSSR count). The number of carbonyl (C=O) groups excluding carboxylic acids is 3. The van der Waals surface area contributed by atoms with Gasteiger partial charge in [0.15, 0.2) is 12.4 Å². The van der Waals surface area contributed by atoms with Gasteiger partial charge in [0.25, 0.3) is 17.7 Å². The van der Waals surface area contributed by atoms with E-state index in [0.29, 0.717) is 9.87 Å². The number of amides is 3. The van der Waals surface area contributed by atoms with Crippen molar-refractivity contribution in [2.75, 3.05) is 6.54 Å². The first-order chi connectivity index (χ1) is 12.8. The predicted octanol–water partition coefficient (Wildman–Crippen LogP) is -1.52. The summed E-state index contributed by atoms with van der Waals surface area (Å²) in [6.45, 7) is 0.154. The van der Waals surface area contributed by atoms with Crippen LogP contribution in [0, 0.1) is 0 Å². The van der Waals surface area contributed by atoms with E-state index in [9.17, 15) is 22.8 Å². The molecule has 0 radical (unpaired) electrons. The molecule has 0 spiro atoms. The molecule has 1 saturated carbocycles. The van der Waals surface area contributed by atoms with Gasteiger partial charge in [-0.15, -0.1) is 0 Å². The highest BCUT2D eigenvalue weighted by molar-refractivity contribution is 7.84. The lowest BCUT2D eigenvalue weighted by Gasteiger charge is -2.42. The first kappa shape index (κ1) is 17.9. The Hall–Kier alpha value is -2.53. The van der Waals surface area contributed by atoms with E-state index in [1.54, 1.807) is 29.1 Å². The zero-order chi connectivity index (χ0) is 19.3. The maximum absolute atomic E-state index is 12.6. The minimum atomic E-state index is -4.60. The first-order valence-corrected chi connectivity index (χ1v) is 10.1. The van der Waals surface area contributed by atoms with Crippen LogP contribution in [-0.4, -0.2) is 64.6 Å². The van der Waals surface area contributed by atoms with Gasteiger partial charge in [-0.05, 0) is 25.3 Å². The van der Waals surface area contributed by atoms with Crippen LogP contribution in [0.1, 0.15) is 29.6 Å². The summed E-state index contributed by atoms with van der Waals surface area (Å²) in [6.07, 6.45) is 5.45. The number of carbonyl (C=O) groups is 3. The lowest BCUT2D eigenvalue weighted by atomic mass is 10.0. The predicted molar refractivity (Wildman–Crippen MR) is 89.4 cm³/mol. The number of nitrogens with one attached hydrogen (secondary N) is 1. The van der Waals surface area contributed by atoms with Crippen LogP contribution in [0.15, 0.2) is 24.5 Å². The van der Waals surface area contributed by atoms with E-state index in [0.717, 1.165) is 12.8 Å². The quantitative estimate of drug-likeness (QED) is 0.354. The van der Waals surface area contributed by atoms with E-state index in [1.807, 2.05) is 0 Å². The maximum Gasteiger partial charge on any atom is 0.362 e. The number of nitrogens with zero attached hydrogens (tertiary/aromatic N) is 3. The maximum atomic E-state index is 12.6. The van der Waals surface area contributed by atoms with Crippen molar-refractivity contribution in [2.45, 2.75) is 43.9 Å². The second-order valence-electron chi connectivity index (χ2n) is 7.01. The van der Waals surface area contributed by atoms with Crippen molar-refractivity contribution in [3.63, 3.8) is 0 Å². The lowest BCUT2D eigenvalue weighted by Crippen LogP contribution is -2.68. The number of hydrogen-bond acceptors (Lipinski definition) is 5. The Morgan fingerprint density at radius 1 is 1.30 bits per heavy atom. The standard InChI is InChI=1S/C16H18N4O6S/c21-13(19-7-5-12-14(19)16(23)20(12)27(24,25)26)9-18-6-1-2-10(8-18)15(22)17-11-3-4-11/h1-2,6,8,11-12,14H,3-5,7,9H2,(H-,17,22,24,25,26)/p+1/t12-,14+/m1/s1. The molecule has 2 atom stereocenters. The Morgan fingerprint density at radius 3 is 2.70 bits per heavy atom. The van der Waals surface area contributed by atoms with Crippen molar-refractivity contribution < 1.29 is 31.9 Å². The van der Waals surface area contributed by atoms with E-state index < -0.39 is 28.3 Å². The van der Waals surface area contributed by atoms with Gasteiger partial charge in [-0.1, -0.05) is 0 Å². The second kappa shape index (κ2) is 6.27. The van der Waals surface area contributed by atoms with Crippen LogP contribution in [0.3, 0.4) is 0 Å². The molecule has 1 aliphatic carbocycles. The third-order valence-corrected chi connectivity index (χ3v) is 6.01. The van der Waals surface area contributed by atoms with Crippen LogP contribution in [0.5, 0.6) is 0 Å². The lowest BCUT2D eigenvalue weighted by molar-refractivity contribution is -0.685. The molecule has 3 fully saturated rings. The zero-order valence-electron chi connectivity index (χ0n) is 14.3. The van der Waals surface area contributed by atoms with Gasteiger partial charge >= 0.3 is 10.3 Å². The summed E-state index contributed by atoms with van der Waals surface area (Å²) >= 11 is 0. The number of fused-ring (bicyclic) bond motifs is 1. The van der Waals surface area contributed by atoms with Crippen molar-refractivity contribution in [3.05, 3.63) is 30.1 Å². The second-order valence-corrected chi connectivity index (χ2v) is 8.30. The summed E-state index contributed by atoms with van der Waals surface area (Å²) in [4.78, 5) is 38.1. The number of aromatic nitrogens is 1. The fourth-order valence-electron chi connectivity index (χ4n) is 3.59. The van der Waals surface area contributed by atoms with Crippen molar-refractivity contribution in [1.82, 2.24) is 14.5 Å². The number of hydrogen-bond donors (Lipinski definition) is 2. The van der Waals surface area contributed by atoms with Gasteiger partial charge in [-0.2, -0.15) is 13.0 Å². The SMILES string of the molecule is O=C(NC1CC1)c1ccc[n+](CC(=O)N2CC[C@@H]3[C@H]2C(=O)N3S(=O)(=O)O)c1. The minimum absolute atomic E-state index is 0.0765. The molecule has 2 N–H and O–H groups in total. The molecule has 27 heavy (non-hydrogen) atoms. The molecule has 0 bridgehead atoms. The summed E-state index contributed by atoms with van der Waals surface area (Å²) in [5.41, 5.74) is 0.439. The highest BCUT2D eigenvalue weighted by Crippen LogP contribution is 2.35. The molecule has 1 aromatic heterocycles. The van der Waals surface area contributed by atoms with Crippen LogP contribution in [0.25, 0.3) is 0 Å². The Labute approximate surface area is 155 Å². The average molecular weight is 395 g/mol. The van der Waals surface area contributed by atoms with Crippen LogP contribution >= 0.6 is 0 Å². The minimum Gasteiger partial charge on any atom is -0.349 e. The zero-order valence-corrected chi connectivity index (χ0v) is 15.1. The Kier molecular flexibility index (Phi) is 4.15. The number of pyridine rings is 1. The molecular weight excluding hydrogens is 376 g/mol. The molecule has 1 aromatic rings. The van der Waals surface area contributed by atoms with Gasteiger partial charge in [0, 0.05) is 18.7 Å². The highest BCUT2D eigenvalue weighted by Gasteiger charge is 2.60. The van der Waals surface area contributed by atoms with E-state index in [4.69, 9.17) is 4.55 Å². The highest BCUT2D eigenvalue weighted by atomic mass is 32.2. The van der Waals surface area contributed by atoms with Gasteiger partial charge in [-0.25, -0.2) is 4.31 Å². The smallest absolute Gasteiger partial charge is 0.349 e. The van der Waals surface area contributed by atoms with Gasteiger partial charge in [0.05, 0.1) is 6.04 Å². The summed E-state index contributed by atoms with van der Waals surface area (Å²) in [5, 5.41) is 2.87. The molecule has 11 heteroatoms. The van der Waals surface area contributed by atoms with E-state index in [-0.39, 0.29) is 37.4 Å². The molecule has 3 heterocycles.